The molecule has 0 saturated carbocycles. The number of carbonyl (C=O) groups excluding carboxylic acids is 1. The molecule has 0 aliphatic carbocycles. The number of anilines is 1. The number of halogens is 3. The minimum Gasteiger partial charge on any atom is -0.325 e. The maximum absolute atomic E-state index is 12.5. The fourth-order valence-electron chi connectivity index (χ4n) is 1.82. The van der Waals surface area contributed by atoms with Gasteiger partial charge in [0.2, 0.25) is 5.91 Å². The highest BCUT2D eigenvalue weighted by Gasteiger charge is 2.30. The summed E-state index contributed by atoms with van der Waals surface area (Å²) in [4.78, 5) is 15.9. The van der Waals surface area contributed by atoms with E-state index >= 15 is 0 Å². The lowest BCUT2D eigenvalue weighted by molar-refractivity contribution is -0.137. The van der Waals surface area contributed by atoms with Crippen LogP contribution < -0.4 is 5.32 Å². The highest BCUT2D eigenvalue weighted by atomic mass is 32.2. The van der Waals surface area contributed by atoms with Crippen molar-refractivity contribution in [1.82, 2.24) is 4.98 Å². The van der Waals surface area contributed by atoms with Crippen LogP contribution in [-0.4, -0.2) is 16.1 Å². The van der Waals surface area contributed by atoms with E-state index < -0.39 is 17.0 Å². The number of aromatic nitrogens is 1. The van der Waals surface area contributed by atoms with Crippen molar-refractivity contribution in [2.45, 2.75) is 30.3 Å². The van der Waals surface area contributed by atoms with Gasteiger partial charge in [0, 0.05) is 11.9 Å². The maximum Gasteiger partial charge on any atom is 0.417 e. The summed E-state index contributed by atoms with van der Waals surface area (Å²) in [6.45, 7) is 3.59. The first-order chi connectivity index (χ1) is 10.8. The number of aryl methyl sites for hydroxylation is 1. The third-order valence-corrected chi connectivity index (χ3v) is 4.07. The van der Waals surface area contributed by atoms with Crippen LogP contribution in [0.3, 0.4) is 0 Å². The van der Waals surface area contributed by atoms with Crippen molar-refractivity contribution >= 4 is 23.4 Å². The topological polar surface area (TPSA) is 42.0 Å². The molecule has 0 bridgehead atoms. The summed E-state index contributed by atoms with van der Waals surface area (Å²) in [5.41, 5.74) is 0.897. The molecule has 3 nitrogen and oxygen atoms in total. The van der Waals surface area contributed by atoms with E-state index in [0.29, 0.717) is 10.7 Å². The molecule has 1 unspecified atom stereocenters. The summed E-state index contributed by atoms with van der Waals surface area (Å²) in [6.07, 6.45) is -3.64. The smallest absolute Gasteiger partial charge is 0.325 e. The zero-order valence-corrected chi connectivity index (χ0v) is 13.3. The number of hydrogen-bond donors (Lipinski definition) is 1. The van der Waals surface area contributed by atoms with Crippen molar-refractivity contribution in [2.75, 3.05) is 5.32 Å². The van der Waals surface area contributed by atoms with Crippen molar-refractivity contribution in [3.8, 4) is 0 Å². The second-order valence-corrected chi connectivity index (χ2v) is 6.36. The third kappa shape index (κ3) is 4.99. The monoisotopic (exact) mass is 340 g/mol. The molecular weight excluding hydrogens is 325 g/mol. The standard InChI is InChI=1S/C16H15F3N2OS/c1-10-4-3-5-13(8-10)21-15(22)11(2)23-14-7-6-12(9-20-14)16(17,18)19/h3-9,11H,1-2H3,(H,21,22). The molecule has 0 aliphatic rings. The highest BCUT2D eigenvalue weighted by Crippen LogP contribution is 2.30. The molecule has 7 heteroatoms. The van der Waals surface area contributed by atoms with E-state index in [9.17, 15) is 18.0 Å². The van der Waals surface area contributed by atoms with Gasteiger partial charge < -0.3 is 5.32 Å². The van der Waals surface area contributed by atoms with Crippen molar-refractivity contribution < 1.29 is 18.0 Å². The van der Waals surface area contributed by atoms with Crippen LogP contribution in [0.1, 0.15) is 18.1 Å². The second-order valence-electron chi connectivity index (χ2n) is 5.00. The van der Waals surface area contributed by atoms with Crippen LogP contribution in [0.2, 0.25) is 0 Å². The van der Waals surface area contributed by atoms with E-state index in [0.717, 1.165) is 29.6 Å². The Morgan fingerprint density at radius 3 is 2.57 bits per heavy atom. The molecule has 0 fully saturated rings. The molecule has 23 heavy (non-hydrogen) atoms. The Kier molecular flexibility index (Phi) is 5.30. The zero-order chi connectivity index (χ0) is 17.0. The third-order valence-electron chi connectivity index (χ3n) is 3.02. The van der Waals surface area contributed by atoms with Crippen molar-refractivity contribution in [3.63, 3.8) is 0 Å². The molecule has 1 aromatic heterocycles. The van der Waals surface area contributed by atoms with Gasteiger partial charge in [-0.05, 0) is 43.7 Å². The minimum absolute atomic E-state index is 0.234. The molecule has 1 amide bonds. The lowest BCUT2D eigenvalue weighted by Gasteiger charge is -2.12. The lowest BCUT2D eigenvalue weighted by atomic mass is 10.2. The van der Waals surface area contributed by atoms with Gasteiger partial charge in [-0.2, -0.15) is 13.2 Å². The van der Waals surface area contributed by atoms with Crippen LogP contribution in [0, 0.1) is 6.92 Å². The van der Waals surface area contributed by atoms with Gasteiger partial charge in [0.25, 0.3) is 0 Å². The first kappa shape index (κ1) is 17.3. The summed E-state index contributed by atoms with van der Waals surface area (Å²) >= 11 is 1.10. The first-order valence-electron chi connectivity index (χ1n) is 6.83. The SMILES string of the molecule is Cc1cccc(NC(=O)C(C)Sc2ccc(C(F)(F)F)cn2)c1. The Bertz CT molecular complexity index is 686. The Morgan fingerprint density at radius 2 is 2.00 bits per heavy atom. The number of carbonyl (C=O) groups is 1. The summed E-state index contributed by atoms with van der Waals surface area (Å²) in [5, 5.41) is 2.65. The number of alkyl halides is 3. The van der Waals surface area contributed by atoms with Gasteiger partial charge in [-0.15, -0.1) is 0 Å². The zero-order valence-electron chi connectivity index (χ0n) is 12.5. The lowest BCUT2D eigenvalue weighted by Crippen LogP contribution is -2.22. The number of rotatable bonds is 4. The molecule has 1 N–H and O–H groups in total. The van der Waals surface area contributed by atoms with Crippen LogP contribution in [0.5, 0.6) is 0 Å². The van der Waals surface area contributed by atoms with Gasteiger partial charge >= 0.3 is 6.18 Å². The number of thioether (sulfide) groups is 1. The molecule has 0 radical (unpaired) electrons. The molecule has 0 spiro atoms. The molecule has 0 aliphatic heterocycles. The number of pyridine rings is 1. The molecule has 0 saturated heterocycles. The van der Waals surface area contributed by atoms with Gasteiger partial charge in [-0.3, -0.25) is 4.79 Å². The van der Waals surface area contributed by atoms with Crippen LogP contribution in [0.4, 0.5) is 18.9 Å². The van der Waals surface area contributed by atoms with Gasteiger partial charge in [0.1, 0.15) is 0 Å². The van der Waals surface area contributed by atoms with Gasteiger partial charge in [0.05, 0.1) is 15.8 Å². The number of nitrogens with zero attached hydrogens (tertiary/aromatic N) is 1. The molecule has 1 atom stereocenters. The second kappa shape index (κ2) is 7.04. The molecule has 1 aromatic carbocycles. The summed E-state index contributed by atoms with van der Waals surface area (Å²) in [5.74, 6) is -0.234. The fourth-order valence-corrected chi connectivity index (χ4v) is 2.61. The minimum atomic E-state index is -4.41. The average Bonchev–Trinajstić information content (AvgIpc) is 2.46. The maximum atomic E-state index is 12.5. The van der Waals surface area contributed by atoms with Crippen LogP contribution in [-0.2, 0) is 11.0 Å². The quantitative estimate of drug-likeness (QED) is 0.832. The molecule has 122 valence electrons. The average molecular weight is 340 g/mol. The van der Waals surface area contributed by atoms with E-state index in [4.69, 9.17) is 0 Å². The fraction of sp³-hybridized carbons (Fsp3) is 0.250. The summed E-state index contributed by atoms with van der Waals surface area (Å²) < 4.78 is 37.4. The van der Waals surface area contributed by atoms with Crippen molar-refractivity contribution in [2.24, 2.45) is 0 Å². The Balaban J connectivity index is 1.98. The van der Waals surface area contributed by atoms with E-state index in [1.165, 1.54) is 6.07 Å². The van der Waals surface area contributed by atoms with Gasteiger partial charge in [-0.1, -0.05) is 23.9 Å². The van der Waals surface area contributed by atoms with E-state index in [1.54, 1.807) is 13.0 Å². The predicted octanol–water partition coefficient (Wildman–Crippen LogP) is 4.53. The van der Waals surface area contributed by atoms with Gasteiger partial charge in [-0.25, -0.2) is 4.98 Å². The van der Waals surface area contributed by atoms with E-state index in [2.05, 4.69) is 10.3 Å². The first-order valence-corrected chi connectivity index (χ1v) is 7.71. The molecule has 1 heterocycles. The largest absolute Gasteiger partial charge is 0.417 e. The Morgan fingerprint density at radius 1 is 1.26 bits per heavy atom. The molecule has 2 aromatic rings. The normalized spacial score (nSPS) is 12.7. The number of amides is 1. The predicted molar refractivity (Wildman–Crippen MR) is 84.4 cm³/mol. The van der Waals surface area contributed by atoms with Crippen LogP contribution in [0.15, 0.2) is 47.6 Å². The Labute approximate surface area is 136 Å². The van der Waals surface area contributed by atoms with Crippen molar-refractivity contribution in [1.29, 1.82) is 0 Å². The van der Waals surface area contributed by atoms with Crippen LogP contribution in [0.25, 0.3) is 0 Å². The van der Waals surface area contributed by atoms with E-state index in [-0.39, 0.29) is 5.91 Å². The van der Waals surface area contributed by atoms with E-state index in [1.807, 2.05) is 25.1 Å². The van der Waals surface area contributed by atoms with Crippen LogP contribution >= 0.6 is 11.8 Å². The molecular formula is C16H15F3N2OS. The van der Waals surface area contributed by atoms with Crippen molar-refractivity contribution in [3.05, 3.63) is 53.7 Å². The Hall–Kier alpha value is -2.02. The number of hydrogen-bond acceptors (Lipinski definition) is 3. The molecule has 2 rings (SSSR count). The number of nitrogens with one attached hydrogen (secondary N) is 1. The highest BCUT2D eigenvalue weighted by molar-refractivity contribution is 8.00. The van der Waals surface area contributed by atoms with Gasteiger partial charge in [0.15, 0.2) is 0 Å². The summed E-state index contributed by atoms with van der Waals surface area (Å²) in [6, 6.07) is 9.59. The number of benzene rings is 1. The summed E-state index contributed by atoms with van der Waals surface area (Å²) in [7, 11) is 0.